The molecule has 2 aliphatic rings. The number of carbonyl (C=O) groups is 3. The number of anilines is 1. The lowest BCUT2D eigenvalue weighted by molar-refractivity contribution is -0.122. The predicted octanol–water partition coefficient (Wildman–Crippen LogP) is 3.94. The fourth-order valence-corrected chi connectivity index (χ4v) is 4.13. The van der Waals surface area contributed by atoms with Gasteiger partial charge in [-0.05, 0) is 31.9 Å². The molecule has 0 spiro atoms. The Kier molecular flexibility index (Phi) is 4.99. The third-order valence-corrected chi connectivity index (χ3v) is 5.68. The number of rotatable bonds is 5. The summed E-state index contributed by atoms with van der Waals surface area (Å²) in [5.41, 5.74) is 2.08. The van der Waals surface area contributed by atoms with E-state index in [0.29, 0.717) is 17.0 Å². The lowest BCUT2D eigenvalue weighted by atomic mass is 9.81. The van der Waals surface area contributed by atoms with E-state index >= 15 is 0 Å². The van der Waals surface area contributed by atoms with Gasteiger partial charge in [0.15, 0.2) is 12.4 Å². The zero-order valence-corrected chi connectivity index (χ0v) is 15.9. The molecule has 2 aromatic carbocycles. The Morgan fingerprint density at radius 2 is 1.57 bits per heavy atom. The number of hydrogen-bond donors (Lipinski definition) is 0. The van der Waals surface area contributed by atoms with Crippen LogP contribution in [-0.4, -0.2) is 24.2 Å². The van der Waals surface area contributed by atoms with E-state index in [0.717, 1.165) is 31.2 Å². The fraction of sp³-hybridized carbons (Fsp3) is 0.348. The minimum atomic E-state index is -0.219. The van der Waals surface area contributed by atoms with Crippen LogP contribution in [0, 0.1) is 18.8 Å². The Labute approximate surface area is 164 Å². The number of Topliss-reactive ketones (excluding diaryl/α,β-unsaturated/α-hetero) is 1. The molecule has 1 saturated heterocycles. The monoisotopic (exact) mass is 377 g/mol. The van der Waals surface area contributed by atoms with Crippen LogP contribution in [0.4, 0.5) is 5.69 Å². The number of fused-ring (bicyclic) bond motifs is 1. The molecule has 1 saturated carbocycles. The standard InChI is InChI=1S/C23H23NO4/c1-15-10-12-16(13-11-15)20(25)14-28-21-9-5-4-8-19(21)24-22(26)17-6-2-3-7-18(17)23(24)27/h4-5,8-13,17-18H,2-3,6-7,14H2,1H3/t17-,18-/m1/s1. The maximum Gasteiger partial charge on any atom is 0.237 e. The Morgan fingerprint density at radius 3 is 2.21 bits per heavy atom. The number of benzene rings is 2. The Hall–Kier alpha value is -2.95. The number of carbonyl (C=O) groups excluding carboxylic acids is 3. The summed E-state index contributed by atoms with van der Waals surface area (Å²) in [5, 5.41) is 0. The van der Waals surface area contributed by atoms with Gasteiger partial charge in [0.25, 0.3) is 0 Å². The van der Waals surface area contributed by atoms with Crippen molar-refractivity contribution < 1.29 is 19.1 Å². The molecule has 1 heterocycles. The predicted molar refractivity (Wildman–Crippen MR) is 105 cm³/mol. The van der Waals surface area contributed by atoms with Crippen LogP contribution in [0.1, 0.15) is 41.6 Å². The highest BCUT2D eigenvalue weighted by molar-refractivity contribution is 6.22. The molecule has 5 heteroatoms. The van der Waals surface area contributed by atoms with Gasteiger partial charge >= 0.3 is 0 Å². The van der Waals surface area contributed by atoms with Gasteiger partial charge in [0.05, 0.1) is 17.5 Å². The summed E-state index contributed by atoms with van der Waals surface area (Å²) in [7, 11) is 0. The van der Waals surface area contributed by atoms with Gasteiger partial charge in [0.1, 0.15) is 5.75 Å². The second kappa shape index (κ2) is 7.58. The van der Waals surface area contributed by atoms with E-state index in [2.05, 4.69) is 0 Å². The number of para-hydroxylation sites is 2. The summed E-state index contributed by atoms with van der Waals surface area (Å²) >= 11 is 0. The average molecular weight is 377 g/mol. The highest BCUT2D eigenvalue weighted by Gasteiger charge is 2.49. The van der Waals surface area contributed by atoms with Crippen molar-refractivity contribution in [3.05, 3.63) is 59.7 Å². The van der Waals surface area contributed by atoms with Crippen LogP contribution >= 0.6 is 0 Å². The number of ketones is 1. The van der Waals surface area contributed by atoms with Gasteiger partial charge in [0, 0.05) is 5.56 Å². The van der Waals surface area contributed by atoms with Crippen molar-refractivity contribution >= 4 is 23.3 Å². The van der Waals surface area contributed by atoms with E-state index < -0.39 is 0 Å². The number of nitrogens with zero attached hydrogens (tertiary/aromatic N) is 1. The van der Waals surface area contributed by atoms with Crippen molar-refractivity contribution in [1.82, 2.24) is 0 Å². The average Bonchev–Trinajstić information content (AvgIpc) is 2.97. The van der Waals surface area contributed by atoms with Gasteiger partial charge in [-0.15, -0.1) is 0 Å². The SMILES string of the molecule is Cc1ccc(C(=O)COc2ccccc2N2C(=O)[C@@H]3CCCC[C@H]3C2=O)cc1. The minimum Gasteiger partial charge on any atom is -0.483 e. The number of ether oxygens (including phenoxy) is 1. The molecule has 2 fully saturated rings. The summed E-state index contributed by atoms with van der Waals surface area (Å²) in [4.78, 5) is 39.4. The number of imide groups is 1. The van der Waals surface area contributed by atoms with E-state index in [1.54, 1.807) is 36.4 Å². The lowest BCUT2D eigenvalue weighted by Gasteiger charge is -2.19. The topological polar surface area (TPSA) is 63.7 Å². The summed E-state index contributed by atoms with van der Waals surface area (Å²) in [5.74, 6) is -0.496. The molecule has 28 heavy (non-hydrogen) atoms. The van der Waals surface area contributed by atoms with Gasteiger partial charge in [0.2, 0.25) is 11.8 Å². The van der Waals surface area contributed by atoms with Crippen LogP contribution in [0.15, 0.2) is 48.5 Å². The molecule has 0 bridgehead atoms. The molecule has 0 aromatic heterocycles. The van der Waals surface area contributed by atoms with Crippen LogP contribution in [-0.2, 0) is 9.59 Å². The van der Waals surface area contributed by atoms with Crippen molar-refractivity contribution in [2.75, 3.05) is 11.5 Å². The molecule has 0 unspecified atom stereocenters. The molecule has 144 valence electrons. The molecule has 5 nitrogen and oxygen atoms in total. The van der Waals surface area contributed by atoms with Crippen molar-refractivity contribution in [2.45, 2.75) is 32.6 Å². The van der Waals surface area contributed by atoms with E-state index in [-0.39, 0.29) is 36.0 Å². The first kappa shape index (κ1) is 18.4. The smallest absolute Gasteiger partial charge is 0.237 e. The van der Waals surface area contributed by atoms with Gasteiger partial charge < -0.3 is 4.74 Å². The lowest BCUT2D eigenvalue weighted by Crippen LogP contribution is -2.31. The largest absolute Gasteiger partial charge is 0.483 e. The third-order valence-electron chi connectivity index (χ3n) is 5.68. The van der Waals surface area contributed by atoms with Crippen LogP contribution in [0.5, 0.6) is 5.75 Å². The minimum absolute atomic E-state index is 0.143. The zero-order valence-electron chi connectivity index (χ0n) is 15.9. The maximum atomic E-state index is 12.9. The Bertz CT molecular complexity index is 894. The summed E-state index contributed by atoms with van der Waals surface area (Å²) in [6, 6.07) is 14.2. The molecular weight excluding hydrogens is 354 g/mol. The first-order valence-corrected chi connectivity index (χ1v) is 9.76. The quantitative estimate of drug-likeness (QED) is 0.585. The summed E-state index contributed by atoms with van der Waals surface area (Å²) in [6.07, 6.45) is 3.50. The molecule has 1 aliphatic carbocycles. The Morgan fingerprint density at radius 1 is 0.964 bits per heavy atom. The molecule has 2 amide bonds. The van der Waals surface area contributed by atoms with Crippen LogP contribution in [0.2, 0.25) is 0 Å². The molecule has 2 atom stereocenters. The van der Waals surface area contributed by atoms with Crippen molar-refractivity contribution in [1.29, 1.82) is 0 Å². The van der Waals surface area contributed by atoms with Crippen molar-refractivity contribution in [3.63, 3.8) is 0 Å². The van der Waals surface area contributed by atoms with E-state index in [4.69, 9.17) is 4.74 Å². The van der Waals surface area contributed by atoms with Crippen molar-refractivity contribution in [3.8, 4) is 5.75 Å². The van der Waals surface area contributed by atoms with Crippen molar-refractivity contribution in [2.24, 2.45) is 11.8 Å². The van der Waals surface area contributed by atoms with Crippen LogP contribution in [0.25, 0.3) is 0 Å². The highest BCUT2D eigenvalue weighted by Crippen LogP contribution is 2.42. The molecule has 0 N–H and O–H groups in total. The second-order valence-corrected chi connectivity index (χ2v) is 7.55. The molecule has 1 aliphatic heterocycles. The van der Waals surface area contributed by atoms with Gasteiger partial charge in [-0.2, -0.15) is 0 Å². The third kappa shape index (κ3) is 3.33. The molecule has 2 aromatic rings. The van der Waals surface area contributed by atoms with Gasteiger partial charge in [-0.25, -0.2) is 4.90 Å². The zero-order chi connectivity index (χ0) is 19.7. The Balaban J connectivity index is 1.54. The maximum absolute atomic E-state index is 12.9. The first-order chi connectivity index (χ1) is 13.6. The number of hydrogen-bond acceptors (Lipinski definition) is 4. The fourth-order valence-electron chi connectivity index (χ4n) is 4.13. The van der Waals surface area contributed by atoms with E-state index in [9.17, 15) is 14.4 Å². The van der Waals surface area contributed by atoms with Gasteiger partial charge in [-0.1, -0.05) is 54.8 Å². The number of amides is 2. The van der Waals surface area contributed by atoms with Crippen LogP contribution < -0.4 is 9.64 Å². The van der Waals surface area contributed by atoms with Gasteiger partial charge in [-0.3, -0.25) is 14.4 Å². The van der Waals surface area contributed by atoms with Crippen LogP contribution in [0.3, 0.4) is 0 Å². The normalized spacial score (nSPS) is 21.5. The molecular formula is C23H23NO4. The first-order valence-electron chi connectivity index (χ1n) is 9.76. The van der Waals surface area contributed by atoms with E-state index in [1.807, 2.05) is 19.1 Å². The highest BCUT2D eigenvalue weighted by atomic mass is 16.5. The summed E-state index contributed by atoms with van der Waals surface area (Å²) < 4.78 is 5.75. The number of aryl methyl sites for hydroxylation is 1. The molecule has 0 radical (unpaired) electrons. The second-order valence-electron chi connectivity index (χ2n) is 7.55. The van der Waals surface area contributed by atoms with E-state index in [1.165, 1.54) is 4.90 Å². The molecule has 4 rings (SSSR count). The summed E-state index contributed by atoms with van der Waals surface area (Å²) in [6.45, 7) is 1.81.